The van der Waals surface area contributed by atoms with Crippen LogP contribution in [-0.2, 0) is 14.8 Å². The number of nitrogens with one attached hydrogen (secondary N) is 2. The number of hydrogen-bond acceptors (Lipinski definition) is 8. The molecule has 4 aromatic rings. The zero-order valence-electron chi connectivity index (χ0n) is 20.3. The molecule has 12 nitrogen and oxygen atoms in total. The highest BCUT2D eigenvalue weighted by Gasteiger charge is 2.21. The summed E-state index contributed by atoms with van der Waals surface area (Å²) >= 11 is 0. The van der Waals surface area contributed by atoms with Crippen molar-refractivity contribution < 1.29 is 17.7 Å². The number of carbonyl (C=O) groups excluding carboxylic acids is 1. The number of carbonyl (C=O) groups is 1. The highest BCUT2D eigenvalue weighted by atomic mass is 32.2. The number of rotatable bonds is 7. The van der Waals surface area contributed by atoms with Gasteiger partial charge in [0.25, 0.3) is 15.6 Å². The molecule has 0 saturated carbocycles. The maximum atomic E-state index is 12.9. The minimum Gasteiger partial charge on any atom is -0.337 e. The fourth-order valence-electron chi connectivity index (χ4n) is 3.43. The predicted octanol–water partition coefficient (Wildman–Crippen LogP) is 2.65. The third-order valence-corrected chi connectivity index (χ3v) is 6.95. The van der Waals surface area contributed by atoms with Crippen molar-refractivity contribution in [3.8, 4) is 5.82 Å². The van der Waals surface area contributed by atoms with Crippen LogP contribution in [0, 0.1) is 27.7 Å². The number of anilines is 2. The molecule has 0 aliphatic rings. The molecule has 0 aliphatic carbocycles. The Hall–Kier alpha value is -4.26. The lowest BCUT2D eigenvalue weighted by molar-refractivity contribution is -0.119. The molecule has 0 spiro atoms. The molecule has 36 heavy (non-hydrogen) atoms. The molecule has 188 valence electrons. The van der Waals surface area contributed by atoms with Crippen molar-refractivity contribution in [2.45, 2.75) is 45.6 Å². The second-order valence-electron chi connectivity index (χ2n) is 8.33. The van der Waals surface area contributed by atoms with E-state index in [1.807, 2.05) is 19.9 Å². The van der Waals surface area contributed by atoms with Crippen LogP contribution in [0.15, 0.2) is 56.7 Å². The summed E-state index contributed by atoms with van der Waals surface area (Å²) in [6.45, 7) is 8.64. The van der Waals surface area contributed by atoms with Gasteiger partial charge in [0.2, 0.25) is 11.8 Å². The summed E-state index contributed by atoms with van der Waals surface area (Å²) in [4.78, 5) is 25.3. The number of aryl methyl sites for hydroxylation is 3. The Bertz CT molecular complexity index is 1600. The minimum absolute atomic E-state index is 0.0301. The van der Waals surface area contributed by atoms with E-state index in [1.54, 1.807) is 25.5 Å². The van der Waals surface area contributed by atoms with Crippen LogP contribution in [0.3, 0.4) is 0 Å². The Kier molecular flexibility index (Phi) is 6.50. The first-order valence-electron chi connectivity index (χ1n) is 11.0. The summed E-state index contributed by atoms with van der Waals surface area (Å²) < 4.78 is 35.4. The predicted molar refractivity (Wildman–Crippen MR) is 132 cm³/mol. The van der Waals surface area contributed by atoms with Gasteiger partial charge in [0.15, 0.2) is 5.82 Å². The molecule has 3 heterocycles. The van der Waals surface area contributed by atoms with Crippen LogP contribution in [0.4, 0.5) is 11.6 Å². The first-order chi connectivity index (χ1) is 17.0. The molecule has 1 unspecified atom stereocenters. The molecule has 0 aliphatic heterocycles. The molecule has 4 rings (SSSR count). The average molecular weight is 512 g/mol. The van der Waals surface area contributed by atoms with Crippen molar-refractivity contribution in [3.05, 3.63) is 75.5 Å². The van der Waals surface area contributed by atoms with Gasteiger partial charge in [0.1, 0.15) is 6.04 Å². The highest BCUT2D eigenvalue weighted by molar-refractivity contribution is 7.92. The van der Waals surface area contributed by atoms with Gasteiger partial charge in [0, 0.05) is 23.0 Å². The summed E-state index contributed by atoms with van der Waals surface area (Å²) in [5.41, 5.74) is 2.69. The molecule has 3 aromatic heterocycles. The van der Waals surface area contributed by atoms with E-state index >= 15 is 0 Å². The number of aromatic nitrogens is 5. The van der Waals surface area contributed by atoms with E-state index in [0.717, 1.165) is 16.1 Å². The normalized spacial score (nSPS) is 12.4. The van der Waals surface area contributed by atoms with E-state index < -0.39 is 27.5 Å². The lowest BCUT2D eigenvalue weighted by atomic mass is 10.2. The van der Waals surface area contributed by atoms with Crippen molar-refractivity contribution in [2.24, 2.45) is 0 Å². The first kappa shape index (κ1) is 24.9. The molecule has 1 aromatic carbocycles. The third-order valence-electron chi connectivity index (χ3n) is 5.60. The van der Waals surface area contributed by atoms with E-state index in [-0.39, 0.29) is 10.8 Å². The van der Waals surface area contributed by atoms with Crippen molar-refractivity contribution >= 4 is 27.5 Å². The zero-order valence-corrected chi connectivity index (χ0v) is 21.1. The van der Waals surface area contributed by atoms with Crippen LogP contribution < -0.4 is 15.6 Å². The van der Waals surface area contributed by atoms with Gasteiger partial charge in [-0.15, -0.1) is 5.10 Å². The number of sulfonamides is 1. The van der Waals surface area contributed by atoms with Gasteiger partial charge in [-0.3, -0.25) is 9.59 Å². The Morgan fingerprint density at radius 3 is 2.31 bits per heavy atom. The molecule has 1 amide bonds. The molecule has 13 heteroatoms. The molecule has 1 atom stereocenters. The lowest BCUT2D eigenvalue weighted by Gasteiger charge is -2.15. The number of nitrogens with zero attached hydrogens (tertiary/aromatic N) is 5. The average Bonchev–Trinajstić information content (AvgIpc) is 3.34. The lowest BCUT2D eigenvalue weighted by Crippen LogP contribution is -2.33. The van der Waals surface area contributed by atoms with E-state index in [1.165, 1.54) is 36.4 Å². The van der Waals surface area contributed by atoms with E-state index in [2.05, 4.69) is 25.4 Å². The van der Waals surface area contributed by atoms with Gasteiger partial charge < -0.3 is 9.84 Å². The second kappa shape index (κ2) is 9.41. The third kappa shape index (κ3) is 4.91. The standard InChI is InChI=1S/C23H25N7O5S/c1-13-12-14(2)29(25-13)20-10-11-21(31)30(26-20)17(5)22(32)24-18-6-8-19(9-7-18)36(33,34)28-23-15(3)16(4)27-35-23/h6-12,17,28H,1-5H3,(H,24,32). The van der Waals surface area contributed by atoms with Gasteiger partial charge in [-0.2, -0.15) is 5.10 Å². The van der Waals surface area contributed by atoms with Gasteiger partial charge in [-0.1, -0.05) is 5.16 Å². The van der Waals surface area contributed by atoms with Crippen molar-refractivity contribution in [1.29, 1.82) is 0 Å². The summed E-state index contributed by atoms with van der Waals surface area (Å²) in [7, 11) is -3.93. The van der Waals surface area contributed by atoms with Gasteiger partial charge >= 0.3 is 0 Å². The summed E-state index contributed by atoms with van der Waals surface area (Å²) in [6.07, 6.45) is 0. The molecular weight excluding hydrogens is 486 g/mol. The second-order valence-corrected chi connectivity index (χ2v) is 10.0. The Labute approximate surface area is 207 Å². The highest BCUT2D eigenvalue weighted by Crippen LogP contribution is 2.23. The number of hydrogen-bond donors (Lipinski definition) is 2. The maximum absolute atomic E-state index is 12.9. The SMILES string of the molecule is Cc1cc(C)n(-c2ccc(=O)n(C(C)C(=O)Nc3ccc(S(=O)(=O)Nc4onc(C)c4C)cc3)n2)n1. The monoisotopic (exact) mass is 511 g/mol. The van der Waals surface area contributed by atoms with E-state index in [0.29, 0.717) is 22.8 Å². The van der Waals surface area contributed by atoms with Crippen LogP contribution in [0.1, 0.15) is 35.6 Å². The van der Waals surface area contributed by atoms with Crippen molar-refractivity contribution in [1.82, 2.24) is 24.7 Å². The van der Waals surface area contributed by atoms with Crippen molar-refractivity contribution in [2.75, 3.05) is 10.0 Å². The Morgan fingerprint density at radius 2 is 1.72 bits per heavy atom. The number of benzene rings is 1. The molecule has 0 bridgehead atoms. The zero-order chi connectivity index (χ0) is 26.2. The Morgan fingerprint density at radius 1 is 1.03 bits per heavy atom. The van der Waals surface area contributed by atoms with Crippen LogP contribution in [0.25, 0.3) is 5.82 Å². The molecule has 0 fully saturated rings. The maximum Gasteiger partial charge on any atom is 0.267 e. The molecule has 2 N–H and O–H groups in total. The molecule has 0 radical (unpaired) electrons. The van der Waals surface area contributed by atoms with Gasteiger partial charge in [0.05, 0.1) is 16.3 Å². The minimum atomic E-state index is -3.93. The van der Waals surface area contributed by atoms with Crippen LogP contribution in [-0.4, -0.2) is 39.0 Å². The van der Waals surface area contributed by atoms with Crippen LogP contribution in [0.2, 0.25) is 0 Å². The van der Waals surface area contributed by atoms with Gasteiger partial charge in [-0.05, 0) is 71.0 Å². The van der Waals surface area contributed by atoms with Gasteiger partial charge in [-0.25, -0.2) is 22.5 Å². The summed E-state index contributed by atoms with van der Waals surface area (Å²) in [5, 5.41) is 15.1. The smallest absolute Gasteiger partial charge is 0.267 e. The van der Waals surface area contributed by atoms with E-state index in [9.17, 15) is 18.0 Å². The summed E-state index contributed by atoms with van der Waals surface area (Å²) in [6, 6.07) is 9.37. The fourth-order valence-corrected chi connectivity index (χ4v) is 4.48. The number of amides is 1. The largest absolute Gasteiger partial charge is 0.337 e. The fraction of sp³-hybridized carbons (Fsp3) is 0.261. The quantitative estimate of drug-likeness (QED) is 0.384. The van der Waals surface area contributed by atoms with Crippen molar-refractivity contribution in [3.63, 3.8) is 0 Å². The summed E-state index contributed by atoms with van der Waals surface area (Å²) in [5.74, 6) is -0.0601. The Balaban J connectivity index is 1.50. The molecule has 0 saturated heterocycles. The molecular formula is C23H25N7O5S. The van der Waals surface area contributed by atoms with E-state index in [4.69, 9.17) is 4.52 Å². The van der Waals surface area contributed by atoms with Crippen LogP contribution in [0.5, 0.6) is 0 Å². The first-order valence-corrected chi connectivity index (χ1v) is 12.4. The van der Waals surface area contributed by atoms with Crippen LogP contribution >= 0.6 is 0 Å². The topological polar surface area (TPSA) is 154 Å².